The van der Waals surface area contributed by atoms with Crippen LogP contribution in [0.5, 0.6) is 5.75 Å². The molecule has 1 aromatic rings. The van der Waals surface area contributed by atoms with E-state index in [2.05, 4.69) is 47.3 Å². The van der Waals surface area contributed by atoms with Gasteiger partial charge in [0.1, 0.15) is 11.9 Å². The second-order valence-electron chi connectivity index (χ2n) is 7.71. The van der Waals surface area contributed by atoms with Crippen molar-refractivity contribution in [2.75, 3.05) is 53.0 Å². The predicted octanol–water partition coefficient (Wildman–Crippen LogP) is 2.59. The fraction of sp³-hybridized carbons (Fsp3) is 0.636. The monoisotopic (exact) mass is 530 g/mol. The molecule has 1 N–H and O–H groups in total. The fourth-order valence-corrected chi connectivity index (χ4v) is 3.92. The lowest BCUT2D eigenvalue weighted by molar-refractivity contribution is -0.142. The minimum atomic E-state index is -0.226. The molecule has 8 heteroatoms. The van der Waals surface area contributed by atoms with E-state index >= 15 is 0 Å². The first-order valence-corrected chi connectivity index (χ1v) is 10.6. The van der Waals surface area contributed by atoms with Gasteiger partial charge in [-0.05, 0) is 44.2 Å². The van der Waals surface area contributed by atoms with Crippen molar-refractivity contribution in [2.45, 2.75) is 39.2 Å². The molecule has 1 amide bonds. The molecule has 30 heavy (non-hydrogen) atoms. The SMILES string of the molecule is CN=C(NCCCOc1c(C)cccc1C)N1CCN(C(=O)C2CCCO2)CC1.I. The maximum Gasteiger partial charge on any atom is 0.251 e. The van der Waals surface area contributed by atoms with E-state index in [4.69, 9.17) is 9.47 Å². The number of halogens is 1. The van der Waals surface area contributed by atoms with Crippen LogP contribution in [0.15, 0.2) is 23.2 Å². The number of hydrogen-bond acceptors (Lipinski definition) is 4. The number of rotatable bonds is 6. The number of para-hydroxylation sites is 1. The van der Waals surface area contributed by atoms with E-state index in [9.17, 15) is 4.79 Å². The van der Waals surface area contributed by atoms with Crippen LogP contribution >= 0.6 is 24.0 Å². The van der Waals surface area contributed by atoms with Gasteiger partial charge in [-0.1, -0.05) is 18.2 Å². The number of carbonyl (C=O) groups is 1. The van der Waals surface area contributed by atoms with E-state index in [1.807, 2.05) is 4.90 Å². The largest absolute Gasteiger partial charge is 0.493 e. The Morgan fingerprint density at radius 2 is 1.87 bits per heavy atom. The number of aliphatic imine (C=N–C) groups is 1. The maximum absolute atomic E-state index is 12.5. The molecule has 0 bridgehead atoms. The molecule has 1 unspecified atom stereocenters. The minimum absolute atomic E-state index is 0. The number of carbonyl (C=O) groups excluding carboxylic acids is 1. The molecule has 0 aliphatic carbocycles. The maximum atomic E-state index is 12.5. The number of guanidine groups is 1. The Morgan fingerprint density at radius 3 is 2.47 bits per heavy atom. The Kier molecular flexibility index (Phi) is 10.2. The van der Waals surface area contributed by atoms with Gasteiger partial charge in [0, 0.05) is 46.4 Å². The molecule has 2 fully saturated rings. The van der Waals surface area contributed by atoms with Gasteiger partial charge >= 0.3 is 0 Å². The lowest BCUT2D eigenvalue weighted by atomic mass is 10.1. The molecule has 2 heterocycles. The molecule has 2 saturated heterocycles. The van der Waals surface area contributed by atoms with Crippen LogP contribution in [0.25, 0.3) is 0 Å². The summed E-state index contributed by atoms with van der Waals surface area (Å²) in [6.45, 7) is 9.33. The topological polar surface area (TPSA) is 66.4 Å². The number of amides is 1. The van der Waals surface area contributed by atoms with Crippen molar-refractivity contribution in [3.05, 3.63) is 29.3 Å². The zero-order chi connectivity index (χ0) is 20.6. The van der Waals surface area contributed by atoms with Gasteiger partial charge in [0.2, 0.25) is 0 Å². The lowest BCUT2D eigenvalue weighted by Crippen LogP contribution is -2.55. The van der Waals surface area contributed by atoms with Crippen molar-refractivity contribution >= 4 is 35.8 Å². The molecule has 1 atom stereocenters. The average molecular weight is 530 g/mol. The van der Waals surface area contributed by atoms with E-state index < -0.39 is 0 Å². The Morgan fingerprint density at radius 1 is 1.20 bits per heavy atom. The third-order valence-corrected chi connectivity index (χ3v) is 5.57. The lowest BCUT2D eigenvalue weighted by Gasteiger charge is -2.37. The van der Waals surface area contributed by atoms with E-state index in [0.717, 1.165) is 63.7 Å². The van der Waals surface area contributed by atoms with E-state index in [0.29, 0.717) is 13.2 Å². The van der Waals surface area contributed by atoms with Crippen molar-refractivity contribution in [3.8, 4) is 5.75 Å². The van der Waals surface area contributed by atoms with Crippen LogP contribution in [0.3, 0.4) is 0 Å². The first-order chi connectivity index (χ1) is 14.1. The molecule has 0 radical (unpaired) electrons. The summed E-state index contributed by atoms with van der Waals surface area (Å²) in [4.78, 5) is 21.0. The summed E-state index contributed by atoms with van der Waals surface area (Å²) in [5.41, 5.74) is 2.34. The molecule has 3 rings (SSSR count). The second kappa shape index (κ2) is 12.3. The fourth-order valence-electron chi connectivity index (χ4n) is 3.92. The van der Waals surface area contributed by atoms with Crippen molar-refractivity contribution in [1.29, 1.82) is 0 Å². The molecule has 7 nitrogen and oxygen atoms in total. The highest BCUT2D eigenvalue weighted by Gasteiger charge is 2.30. The average Bonchev–Trinajstić information content (AvgIpc) is 3.27. The number of nitrogens with zero attached hydrogens (tertiary/aromatic N) is 3. The van der Waals surface area contributed by atoms with Gasteiger partial charge < -0.3 is 24.6 Å². The van der Waals surface area contributed by atoms with Crippen LogP contribution in [-0.2, 0) is 9.53 Å². The van der Waals surface area contributed by atoms with Crippen molar-refractivity contribution in [3.63, 3.8) is 0 Å². The van der Waals surface area contributed by atoms with Crippen LogP contribution in [0.4, 0.5) is 0 Å². The summed E-state index contributed by atoms with van der Waals surface area (Å²) in [5.74, 6) is 2.03. The van der Waals surface area contributed by atoms with E-state index in [1.165, 1.54) is 11.1 Å². The number of hydrogen-bond donors (Lipinski definition) is 1. The highest BCUT2D eigenvalue weighted by molar-refractivity contribution is 14.0. The minimum Gasteiger partial charge on any atom is -0.493 e. The summed E-state index contributed by atoms with van der Waals surface area (Å²) >= 11 is 0. The highest BCUT2D eigenvalue weighted by Crippen LogP contribution is 2.22. The molecule has 0 aromatic heterocycles. The highest BCUT2D eigenvalue weighted by atomic mass is 127. The number of ether oxygens (including phenoxy) is 2. The smallest absolute Gasteiger partial charge is 0.251 e. The first-order valence-electron chi connectivity index (χ1n) is 10.6. The summed E-state index contributed by atoms with van der Waals surface area (Å²) < 4.78 is 11.5. The summed E-state index contributed by atoms with van der Waals surface area (Å²) in [5, 5.41) is 3.42. The Balaban J connectivity index is 0.00000320. The predicted molar refractivity (Wildman–Crippen MR) is 130 cm³/mol. The Hall–Kier alpha value is -1.55. The standard InChI is InChI=1S/C22H34N4O3.HI/c1-17-7-4-8-18(2)20(17)29-16-6-10-24-22(23-3)26-13-11-25(12-14-26)21(27)19-9-5-15-28-19;/h4,7-8,19H,5-6,9-16H2,1-3H3,(H,23,24);1H. The molecule has 0 spiro atoms. The zero-order valence-electron chi connectivity index (χ0n) is 18.4. The second-order valence-corrected chi connectivity index (χ2v) is 7.71. The molecular weight excluding hydrogens is 495 g/mol. The summed E-state index contributed by atoms with van der Waals surface area (Å²) in [6.07, 6.45) is 2.51. The molecule has 0 saturated carbocycles. The molecule has 168 valence electrons. The van der Waals surface area contributed by atoms with Crippen LogP contribution in [0, 0.1) is 13.8 Å². The van der Waals surface area contributed by atoms with Crippen LogP contribution in [0.2, 0.25) is 0 Å². The van der Waals surface area contributed by atoms with Gasteiger partial charge in [0.05, 0.1) is 6.61 Å². The van der Waals surface area contributed by atoms with Gasteiger partial charge in [-0.3, -0.25) is 9.79 Å². The van der Waals surface area contributed by atoms with E-state index in [-0.39, 0.29) is 36.0 Å². The van der Waals surface area contributed by atoms with Crippen LogP contribution in [0.1, 0.15) is 30.4 Å². The molecule has 2 aliphatic rings. The van der Waals surface area contributed by atoms with Crippen LogP contribution in [-0.4, -0.2) is 80.8 Å². The third kappa shape index (κ3) is 6.47. The Bertz CT molecular complexity index is 694. The first kappa shape index (κ1) is 24.7. The number of nitrogens with one attached hydrogen (secondary N) is 1. The summed E-state index contributed by atoms with van der Waals surface area (Å²) in [7, 11) is 1.80. The Labute approximate surface area is 197 Å². The van der Waals surface area contributed by atoms with Gasteiger partial charge in [0.25, 0.3) is 5.91 Å². The van der Waals surface area contributed by atoms with Crippen molar-refractivity contribution < 1.29 is 14.3 Å². The van der Waals surface area contributed by atoms with Crippen LogP contribution < -0.4 is 10.1 Å². The van der Waals surface area contributed by atoms with Crippen molar-refractivity contribution in [1.82, 2.24) is 15.1 Å². The molecule has 2 aliphatic heterocycles. The zero-order valence-corrected chi connectivity index (χ0v) is 20.7. The number of benzene rings is 1. The van der Waals surface area contributed by atoms with E-state index in [1.54, 1.807) is 7.05 Å². The number of aryl methyl sites for hydroxylation is 2. The normalized spacial score (nSPS) is 19.4. The molecule has 1 aromatic carbocycles. The van der Waals surface area contributed by atoms with Gasteiger partial charge in [-0.25, -0.2) is 0 Å². The van der Waals surface area contributed by atoms with Gasteiger partial charge in [0.15, 0.2) is 5.96 Å². The summed E-state index contributed by atoms with van der Waals surface area (Å²) in [6, 6.07) is 6.20. The number of piperazine rings is 1. The third-order valence-electron chi connectivity index (χ3n) is 5.57. The van der Waals surface area contributed by atoms with Crippen molar-refractivity contribution in [2.24, 2.45) is 4.99 Å². The van der Waals surface area contributed by atoms with Gasteiger partial charge in [-0.2, -0.15) is 0 Å². The quantitative estimate of drug-likeness (QED) is 0.265. The van der Waals surface area contributed by atoms with Gasteiger partial charge in [-0.15, -0.1) is 24.0 Å². The molecular formula is C22H35IN4O3.